The van der Waals surface area contributed by atoms with Gasteiger partial charge in [0, 0.05) is 13.1 Å². The maximum atomic E-state index is 12.9. The van der Waals surface area contributed by atoms with Crippen LogP contribution in [0.2, 0.25) is 0 Å². The molecule has 3 nitrogen and oxygen atoms in total. The van der Waals surface area contributed by atoms with E-state index >= 15 is 0 Å². The van der Waals surface area contributed by atoms with Gasteiger partial charge in [-0.15, -0.1) is 0 Å². The third-order valence-electron chi connectivity index (χ3n) is 3.74. The Hall–Kier alpha value is -1.50. The van der Waals surface area contributed by atoms with Gasteiger partial charge in [-0.25, -0.2) is 4.98 Å². The predicted molar refractivity (Wildman–Crippen MR) is 77.2 cm³/mol. The van der Waals surface area contributed by atoms with Crippen molar-refractivity contribution in [2.24, 2.45) is 5.92 Å². The Balaban J connectivity index is 1.86. The average molecular weight is 316 g/mol. The van der Waals surface area contributed by atoms with Crippen LogP contribution in [0.5, 0.6) is 5.75 Å². The maximum Gasteiger partial charge on any atom is 0.393 e. The number of halogens is 3. The van der Waals surface area contributed by atoms with E-state index in [4.69, 9.17) is 4.74 Å². The summed E-state index contributed by atoms with van der Waals surface area (Å²) >= 11 is 1.41. The molecule has 1 aromatic heterocycles. The summed E-state index contributed by atoms with van der Waals surface area (Å²) < 4.78 is 44.7. The number of thiazole rings is 1. The van der Waals surface area contributed by atoms with E-state index in [-0.39, 0.29) is 13.0 Å². The lowest BCUT2D eigenvalue weighted by Gasteiger charge is -2.33. The topological polar surface area (TPSA) is 25.4 Å². The van der Waals surface area contributed by atoms with E-state index in [9.17, 15) is 13.2 Å². The molecule has 0 spiro atoms. The van der Waals surface area contributed by atoms with Crippen LogP contribution < -0.4 is 9.64 Å². The van der Waals surface area contributed by atoms with Crippen LogP contribution in [-0.2, 0) is 0 Å². The lowest BCUT2D eigenvalue weighted by atomic mass is 9.98. The van der Waals surface area contributed by atoms with Crippen molar-refractivity contribution in [3.05, 3.63) is 18.2 Å². The van der Waals surface area contributed by atoms with Gasteiger partial charge in [0.05, 0.1) is 23.2 Å². The van der Waals surface area contributed by atoms with Crippen LogP contribution in [0.3, 0.4) is 0 Å². The number of aromatic nitrogens is 1. The molecule has 114 valence electrons. The monoisotopic (exact) mass is 316 g/mol. The third kappa shape index (κ3) is 2.92. The summed E-state index contributed by atoms with van der Waals surface area (Å²) in [6.45, 7) is 0.629. The number of ether oxygens (including phenoxy) is 1. The van der Waals surface area contributed by atoms with Crippen LogP contribution in [0.1, 0.15) is 12.8 Å². The SMILES string of the molecule is COc1ccc2nc(N3CCCC(C(F)(F)F)C3)sc2c1. The molecule has 21 heavy (non-hydrogen) atoms. The zero-order valence-corrected chi connectivity index (χ0v) is 12.3. The molecule has 0 saturated carbocycles. The summed E-state index contributed by atoms with van der Waals surface area (Å²) in [5, 5.41) is 0.659. The number of piperidine rings is 1. The molecule has 0 amide bonds. The highest BCUT2D eigenvalue weighted by Gasteiger charge is 2.42. The lowest BCUT2D eigenvalue weighted by Crippen LogP contribution is -2.41. The van der Waals surface area contributed by atoms with E-state index in [2.05, 4.69) is 4.98 Å². The van der Waals surface area contributed by atoms with Gasteiger partial charge >= 0.3 is 6.18 Å². The van der Waals surface area contributed by atoms with Gasteiger partial charge in [0.2, 0.25) is 0 Å². The Morgan fingerprint density at radius 3 is 2.90 bits per heavy atom. The molecule has 3 rings (SSSR count). The predicted octanol–water partition coefficient (Wildman–Crippen LogP) is 4.08. The number of alkyl halides is 3. The van der Waals surface area contributed by atoms with Gasteiger partial charge in [0.15, 0.2) is 5.13 Å². The summed E-state index contributed by atoms with van der Waals surface area (Å²) in [5.41, 5.74) is 0.796. The lowest BCUT2D eigenvalue weighted by molar-refractivity contribution is -0.175. The second-order valence-corrected chi connectivity index (χ2v) is 6.17. The molecule has 1 aliphatic heterocycles. The molecule has 7 heteroatoms. The number of nitrogens with zero attached hydrogens (tertiary/aromatic N) is 2. The van der Waals surface area contributed by atoms with Crippen molar-refractivity contribution in [2.75, 3.05) is 25.1 Å². The molecule has 1 fully saturated rings. The van der Waals surface area contributed by atoms with Crippen molar-refractivity contribution < 1.29 is 17.9 Å². The Bertz CT molecular complexity index is 641. The highest BCUT2D eigenvalue weighted by Crippen LogP contribution is 2.37. The first-order valence-corrected chi connectivity index (χ1v) is 7.55. The fourth-order valence-electron chi connectivity index (χ4n) is 2.57. The highest BCUT2D eigenvalue weighted by atomic mass is 32.1. The summed E-state index contributed by atoms with van der Waals surface area (Å²) in [6, 6.07) is 5.50. The van der Waals surface area contributed by atoms with Crippen LogP contribution >= 0.6 is 11.3 Å². The number of hydrogen-bond donors (Lipinski definition) is 0. The summed E-state index contributed by atoms with van der Waals surface area (Å²) in [7, 11) is 1.58. The van der Waals surface area contributed by atoms with Crippen LogP contribution in [0.15, 0.2) is 18.2 Å². The number of anilines is 1. The minimum absolute atomic E-state index is 0.000453. The number of fused-ring (bicyclic) bond motifs is 1. The largest absolute Gasteiger partial charge is 0.497 e. The van der Waals surface area contributed by atoms with E-state index in [0.717, 1.165) is 16.0 Å². The first kappa shape index (κ1) is 14.4. The molecule has 0 bridgehead atoms. The van der Waals surface area contributed by atoms with E-state index < -0.39 is 12.1 Å². The molecular formula is C14H15F3N2OS. The first-order chi connectivity index (χ1) is 9.97. The van der Waals surface area contributed by atoms with Crippen molar-refractivity contribution in [3.8, 4) is 5.75 Å². The maximum absolute atomic E-state index is 12.9. The Morgan fingerprint density at radius 1 is 1.38 bits per heavy atom. The zero-order chi connectivity index (χ0) is 15.0. The van der Waals surface area contributed by atoms with E-state index in [1.165, 1.54) is 11.3 Å². The number of benzene rings is 1. The van der Waals surface area contributed by atoms with Crippen molar-refractivity contribution in [3.63, 3.8) is 0 Å². The zero-order valence-electron chi connectivity index (χ0n) is 11.5. The van der Waals surface area contributed by atoms with Crippen molar-refractivity contribution >= 4 is 26.7 Å². The fourth-order valence-corrected chi connectivity index (χ4v) is 3.60. The van der Waals surface area contributed by atoms with Gasteiger partial charge < -0.3 is 9.64 Å². The second kappa shape index (κ2) is 5.36. The van der Waals surface area contributed by atoms with Gasteiger partial charge in [0.1, 0.15) is 5.75 Å². The fraction of sp³-hybridized carbons (Fsp3) is 0.500. The summed E-state index contributed by atoms with van der Waals surface area (Å²) in [4.78, 5) is 6.20. The molecule has 0 N–H and O–H groups in total. The second-order valence-electron chi connectivity index (χ2n) is 5.16. The molecule has 1 saturated heterocycles. The van der Waals surface area contributed by atoms with Gasteiger partial charge in [-0.1, -0.05) is 11.3 Å². The molecule has 0 radical (unpaired) electrons. The molecule has 0 aliphatic carbocycles. The molecule has 1 atom stereocenters. The normalized spacial score (nSPS) is 20.0. The van der Waals surface area contributed by atoms with Gasteiger partial charge in [-0.2, -0.15) is 13.2 Å². The quantitative estimate of drug-likeness (QED) is 0.834. The Labute approximate surface area is 124 Å². The first-order valence-electron chi connectivity index (χ1n) is 6.73. The van der Waals surface area contributed by atoms with Crippen molar-refractivity contribution in [1.29, 1.82) is 0 Å². The summed E-state index contributed by atoms with van der Waals surface area (Å²) in [5.74, 6) is -0.530. The standard InChI is InChI=1S/C14H15F3N2OS/c1-20-10-4-5-11-12(7-10)21-13(18-11)19-6-2-3-9(8-19)14(15,16)17/h4-5,7,9H,2-3,6,8H2,1H3. The van der Waals surface area contributed by atoms with Gasteiger partial charge in [-0.3, -0.25) is 0 Å². The van der Waals surface area contributed by atoms with Crippen LogP contribution in [0, 0.1) is 5.92 Å². The van der Waals surface area contributed by atoms with E-state index in [0.29, 0.717) is 18.1 Å². The number of hydrogen-bond acceptors (Lipinski definition) is 4. The van der Waals surface area contributed by atoms with E-state index in [1.54, 1.807) is 18.1 Å². The highest BCUT2D eigenvalue weighted by molar-refractivity contribution is 7.22. The molecular weight excluding hydrogens is 301 g/mol. The van der Waals surface area contributed by atoms with Gasteiger partial charge in [-0.05, 0) is 31.0 Å². The van der Waals surface area contributed by atoms with Crippen LogP contribution in [0.4, 0.5) is 18.3 Å². The minimum atomic E-state index is -4.13. The average Bonchev–Trinajstić information content (AvgIpc) is 2.89. The molecule has 1 unspecified atom stereocenters. The number of methoxy groups -OCH3 is 1. The van der Waals surface area contributed by atoms with Crippen LogP contribution in [0.25, 0.3) is 10.2 Å². The van der Waals surface area contributed by atoms with E-state index in [1.807, 2.05) is 12.1 Å². The summed E-state index contributed by atoms with van der Waals surface area (Å²) in [6.07, 6.45) is -3.37. The van der Waals surface area contributed by atoms with Crippen LogP contribution in [-0.4, -0.2) is 31.4 Å². The van der Waals surface area contributed by atoms with Crippen molar-refractivity contribution in [1.82, 2.24) is 4.98 Å². The Morgan fingerprint density at radius 2 is 2.19 bits per heavy atom. The smallest absolute Gasteiger partial charge is 0.393 e. The van der Waals surface area contributed by atoms with Crippen molar-refractivity contribution in [2.45, 2.75) is 19.0 Å². The molecule has 2 aromatic rings. The minimum Gasteiger partial charge on any atom is -0.497 e. The molecule has 2 heterocycles. The Kier molecular flexibility index (Phi) is 3.69. The molecule has 1 aliphatic rings. The third-order valence-corrected chi connectivity index (χ3v) is 4.82. The van der Waals surface area contributed by atoms with Gasteiger partial charge in [0.25, 0.3) is 0 Å². The molecule has 1 aromatic carbocycles. The number of rotatable bonds is 2.